The molecule has 0 bridgehead atoms. The van der Waals surface area contributed by atoms with Crippen LogP contribution in [0.3, 0.4) is 0 Å². The number of hydrogen-bond donors (Lipinski definition) is 0. The maximum Gasteiger partial charge on any atom is 0.306 e. The van der Waals surface area contributed by atoms with E-state index in [0.717, 1.165) is 25.7 Å². The van der Waals surface area contributed by atoms with Gasteiger partial charge in [0, 0.05) is 11.8 Å². The van der Waals surface area contributed by atoms with Crippen LogP contribution in [0.1, 0.15) is 145 Å². The first-order chi connectivity index (χ1) is 20.9. The summed E-state index contributed by atoms with van der Waals surface area (Å²) in [6, 6.07) is 0. The molecule has 4 unspecified atom stereocenters. The molecule has 0 radical (unpaired) electrons. The first-order valence-corrected chi connectivity index (χ1v) is 18.2. The van der Waals surface area contributed by atoms with Crippen LogP contribution in [0.5, 0.6) is 0 Å². The summed E-state index contributed by atoms with van der Waals surface area (Å²) in [5.41, 5.74) is 1.64. The summed E-state index contributed by atoms with van der Waals surface area (Å²) in [5.74, 6) is 2.65. The molecule has 5 aliphatic rings. The predicted octanol–water partition coefficient (Wildman–Crippen LogP) is 9.51. The smallest absolute Gasteiger partial charge is 0.306 e. The minimum Gasteiger partial charge on any atom is -0.469 e. The predicted molar refractivity (Wildman–Crippen MR) is 179 cm³/mol. The van der Waals surface area contributed by atoms with Gasteiger partial charge in [0.05, 0.1) is 20.0 Å². The van der Waals surface area contributed by atoms with Crippen LogP contribution in [0.2, 0.25) is 0 Å². The van der Waals surface area contributed by atoms with E-state index in [0.29, 0.717) is 29.6 Å². The monoisotopic (exact) mass is 624 g/mol. The first kappa shape index (κ1) is 34.7. The number of fused-ring (bicyclic) bond motifs is 7. The molecule has 0 aromatic carbocycles. The van der Waals surface area contributed by atoms with Gasteiger partial charge in [-0.25, -0.2) is 0 Å². The SMILES string of the molecule is C=C(C)C[C@@H]1CC[C@]2(CC=O)CC[C@]3(C)C(CCC4[C@@]5(C)CC[C@H](OC(=O)CC(C)(C)CC(=O)OC)C(C)(C)C5CC[C@]43C)C12. The number of rotatable bonds is 9. The number of carbonyl (C=O) groups excluding carboxylic acids is 3. The van der Waals surface area contributed by atoms with Crippen molar-refractivity contribution in [2.45, 2.75) is 151 Å². The third-order valence-corrected chi connectivity index (χ3v) is 15.5. The minimum atomic E-state index is -0.496. The molecule has 5 aliphatic carbocycles. The second-order valence-corrected chi connectivity index (χ2v) is 18.8. The van der Waals surface area contributed by atoms with Gasteiger partial charge in [-0.05, 0) is 134 Å². The van der Waals surface area contributed by atoms with E-state index in [9.17, 15) is 14.4 Å². The van der Waals surface area contributed by atoms with Gasteiger partial charge in [-0.15, -0.1) is 6.58 Å². The van der Waals surface area contributed by atoms with E-state index in [1.165, 1.54) is 70.3 Å². The molecular formula is C40H64O5. The number of aldehydes is 1. The Labute approximate surface area is 274 Å². The number of allylic oxidation sites excluding steroid dienone is 1. The number of hydrogen-bond acceptors (Lipinski definition) is 5. The lowest BCUT2D eigenvalue weighted by atomic mass is 9.32. The summed E-state index contributed by atoms with van der Waals surface area (Å²) < 4.78 is 11.2. The highest BCUT2D eigenvalue weighted by Crippen LogP contribution is 2.77. The maximum absolute atomic E-state index is 13.3. The molecule has 254 valence electrons. The van der Waals surface area contributed by atoms with E-state index < -0.39 is 5.41 Å². The lowest BCUT2D eigenvalue weighted by Crippen LogP contribution is -2.66. The molecular weight excluding hydrogens is 560 g/mol. The summed E-state index contributed by atoms with van der Waals surface area (Å²) in [6.45, 7) is 23.1. The zero-order valence-corrected chi connectivity index (χ0v) is 30.2. The Bertz CT molecular complexity index is 1190. The van der Waals surface area contributed by atoms with Gasteiger partial charge in [0.15, 0.2) is 0 Å². The van der Waals surface area contributed by atoms with Crippen molar-refractivity contribution in [3.63, 3.8) is 0 Å². The molecule has 45 heavy (non-hydrogen) atoms. The molecule has 0 amide bonds. The van der Waals surface area contributed by atoms with Gasteiger partial charge >= 0.3 is 11.9 Å². The lowest BCUT2D eigenvalue weighted by molar-refractivity contribution is -0.250. The van der Waals surface area contributed by atoms with Gasteiger partial charge in [-0.2, -0.15) is 0 Å². The average molecular weight is 625 g/mol. The van der Waals surface area contributed by atoms with Gasteiger partial charge in [-0.3, -0.25) is 9.59 Å². The van der Waals surface area contributed by atoms with Gasteiger partial charge in [0.2, 0.25) is 0 Å². The number of ether oxygens (including phenoxy) is 2. The van der Waals surface area contributed by atoms with Crippen molar-refractivity contribution in [3.05, 3.63) is 12.2 Å². The molecule has 5 heteroatoms. The molecule has 5 nitrogen and oxygen atoms in total. The van der Waals surface area contributed by atoms with Gasteiger partial charge in [0.25, 0.3) is 0 Å². The van der Waals surface area contributed by atoms with Gasteiger partial charge in [-0.1, -0.05) is 54.0 Å². The van der Waals surface area contributed by atoms with Crippen LogP contribution in [0, 0.1) is 62.1 Å². The molecule has 0 aromatic heterocycles. The Balaban J connectivity index is 1.37. The van der Waals surface area contributed by atoms with Crippen LogP contribution < -0.4 is 0 Å². The topological polar surface area (TPSA) is 69.7 Å². The Morgan fingerprint density at radius 2 is 1.53 bits per heavy atom. The van der Waals surface area contributed by atoms with Gasteiger partial charge in [0.1, 0.15) is 12.4 Å². The van der Waals surface area contributed by atoms with Crippen molar-refractivity contribution in [1.82, 2.24) is 0 Å². The third kappa shape index (κ3) is 5.56. The fourth-order valence-corrected chi connectivity index (χ4v) is 13.4. The summed E-state index contributed by atoms with van der Waals surface area (Å²) in [4.78, 5) is 37.3. The van der Waals surface area contributed by atoms with Crippen LogP contribution in [-0.2, 0) is 23.9 Å². The highest BCUT2D eigenvalue weighted by Gasteiger charge is 2.70. The van der Waals surface area contributed by atoms with E-state index in [2.05, 4.69) is 48.1 Å². The highest BCUT2D eigenvalue weighted by molar-refractivity contribution is 5.74. The zero-order valence-electron chi connectivity index (χ0n) is 30.2. The Morgan fingerprint density at radius 3 is 2.18 bits per heavy atom. The molecule has 10 atom stereocenters. The molecule has 0 saturated heterocycles. The molecule has 0 heterocycles. The van der Waals surface area contributed by atoms with Gasteiger partial charge < -0.3 is 14.3 Å². The van der Waals surface area contributed by atoms with E-state index in [1.807, 2.05) is 13.8 Å². The summed E-state index contributed by atoms with van der Waals surface area (Å²) in [7, 11) is 1.39. The minimum absolute atomic E-state index is 0.103. The molecule has 0 aromatic rings. The van der Waals surface area contributed by atoms with Crippen LogP contribution in [0.25, 0.3) is 0 Å². The Hall–Kier alpha value is -1.65. The number of esters is 2. The van der Waals surface area contributed by atoms with Crippen molar-refractivity contribution in [1.29, 1.82) is 0 Å². The summed E-state index contributed by atoms with van der Waals surface area (Å²) in [6.07, 6.45) is 15.3. The fourth-order valence-electron chi connectivity index (χ4n) is 13.4. The van der Waals surface area contributed by atoms with Crippen LogP contribution >= 0.6 is 0 Å². The molecule has 0 aliphatic heterocycles. The first-order valence-electron chi connectivity index (χ1n) is 18.2. The van der Waals surface area contributed by atoms with Crippen LogP contribution in [-0.4, -0.2) is 31.4 Å². The second kappa shape index (κ2) is 11.8. The Morgan fingerprint density at radius 1 is 0.844 bits per heavy atom. The molecule has 5 saturated carbocycles. The number of methoxy groups -OCH3 is 1. The normalized spacial score (nSPS) is 43.6. The molecule has 0 N–H and O–H groups in total. The van der Waals surface area contributed by atoms with Crippen LogP contribution in [0.15, 0.2) is 12.2 Å². The lowest BCUT2D eigenvalue weighted by Gasteiger charge is -2.73. The number of carbonyl (C=O) groups is 3. The largest absolute Gasteiger partial charge is 0.469 e. The van der Waals surface area contributed by atoms with Crippen molar-refractivity contribution >= 4 is 18.2 Å². The maximum atomic E-state index is 13.3. The van der Waals surface area contributed by atoms with Crippen molar-refractivity contribution in [2.75, 3.05) is 7.11 Å². The van der Waals surface area contributed by atoms with E-state index in [-0.39, 0.29) is 58.0 Å². The average Bonchev–Trinajstić information content (AvgIpc) is 3.27. The summed E-state index contributed by atoms with van der Waals surface area (Å²) in [5, 5.41) is 0. The molecule has 5 fully saturated rings. The third-order valence-electron chi connectivity index (χ3n) is 15.5. The van der Waals surface area contributed by atoms with Crippen molar-refractivity contribution < 1.29 is 23.9 Å². The van der Waals surface area contributed by atoms with E-state index in [1.54, 1.807) is 0 Å². The Kier molecular flexibility index (Phi) is 9.09. The second-order valence-electron chi connectivity index (χ2n) is 18.8. The van der Waals surface area contributed by atoms with E-state index in [4.69, 9.17) is 9.47 Å². The quantitative estimate of drug-likeness (QED) is 0.145. The van der Waals surface area contributed by atoms with Crippen molar-refractivity contribution in [2.24, 2.45) is 62.1 Å². The van der Waals surface area contributed by atoms with Crippen molar-refractivity contribution in [3.8, 4) is 0 Å². The molecule has 0 spiro atoms. The standard InChI is InChI=1S/C40H64O5/c1-26(2)23-27-13-18-40(21-22-41)20-19-38(8)28(34(27)40)11-12-30-37(7)16-15-31(36(5,6)29(37)14-17-39(30,38)9)45-33(43)25-35(3,4)24-32(42)44-10/h22,27-31,34H,1,11-21,23-25H2,2-10H3/t27-,28?,29?,30?,31-,34?,37-,38+,39+,40+/m0/s1. The zero-order chi connectivity index (χ0) is 33.2. The fraction of sp³-hybridized carbons (Fsp3) is 0.875. The van der Waals surface area contributed by atoms with E-state index >= 15 is 0 Å². The van der Waals surface area contributed by atoms with Crippen LogP contribution in [0.4, 0.5) is 0 Å². The highest BCUT2D eigenvalue weighted by atomic mass is 16.5. The summed E-state index contributed by atoms with van der Waals surface area (Å²) >= 11 is 0. The molecule has 5 rings (SSSR count).